The Morgan fingerprint density at radius 1 is 1.25 bits per heavy atom. The summed E-state index contributed by atoms with van der Waals surface area (Å²) >= 11 is 5.68. The fourth-order valence-corrected chi connectivity index (χ4v) is 2.81. The molecule has 0 aromatic rings. The maximum Gasteiger partial charge on any atom is 0.0148 e. The van der Waals surface area contributed by atoms with Crippen molar-refractivity contribution in [2.24, 2.45) is 5.92 Å². The summed E-state index contributed by atoms with van der Waals surface area (Å²) in [4.78, 5) is 0.749. The van der Waals surface area contributed by atoms with Crippen LogP contribution in [0.3, 0.4) is 0 Å². The minimum Gasteiger partial charge on any atom is -0.165 e. The third-order valence-corrected chi connectivity index (χ3v) is 3.37. The van der Waals surface area contributed by atoms with E-state index >= 15 is 0 Å². The quantitative estimate of drug-likeness (QED) is 0.480. The van der Waals surface area contributed by atoms with Crippen molar-refractivity contribution in [3.8, 4) is 0 Å². The van der Waals surface area contributed by atoms with Gasteiger partial charge in [-0.2, -0.15) is 11.8 Å². The van der Waals surface area contributed by atoms with E-state index in [4.69, 9.17) is 0 Å². The van der Waals surface area contributed by atoms with Gasteiger partial charge in [-0.15, -0.1) is 0 Å². The van der Waals surface area contributed by atoms with E-state index in [-0.39, 0.29) is 0 Å². The molecule has 0 rings (SSSR count). The second-order valence-corrected chi connectivity index (χ2v) is 6.00. The Morgan fingerprint density at radius 3 is 2.42 bits per heavy atom. The van der Waals surface area contributed by atoms with Crippen LogP contribution in [-0.2, 0) is 0 Å². The molecule has 0 fully saturated rings. The van der Waals surface area contributed by atoms with Crippen LogP contribution in [0.1, 0.15) is 39.5 Å². The molecule has 0 saturated carbocycles. The Bertz CT molecular complexity index is 93.8. The van der Waals surface area contributed by atoms with Gasteiger partial charge >= 0.3 is 0 Å². The van der Waals surface area contributed by atoms with Crippen molar-refractivity contribution in [3.63, 3.8) is 0 Å². The molecule has 0 aliphatic carbocycles. The number of hydrogen-bond acceptors (Lipinski definition) is 1. The molecule has 0 nitrogen and oxygen atoms in total. The predicted octanol–water partition coefficient (Wildman–Crippen LogP) is 4.33. The van der Waals surface area contributed by atoms with Crippen LogP contribution < -0.4 is 0 Å². The summed E-state index contributed by atoms with van der Waals surface area (Å²) in [7, 11) is 0. The third-order valence-electron chi connectivity index (χ3n) is 1.84. The minimum atomic E-state index is 0.749. The zero-order valence-electron chi connectivity index (χ0n) is 8.48. The number of hydrogen-bond donors (Lipinski definition) is 0. The van der Waals surface area contributed by atoms with Crippen LogP contribution in [0.2, 0.25) is 0 Å². The first-order chi connectivity index (χ1) is 5.66. The van der Waals surface area contributed by atoms with Crippen molar-refractivity contribution < 1.29 is 0 Å². The third kappa shape index (κ3) is 8.92. The SMILES string of the molecule is CSCCCCC(Br)CC(C)C. The normalized spacial score (nSPS) is 13.8. The highest BCUT2D eigenvalue weighted by Crippen LogP contribution is 2.18. The lowest BCUT2D eigenvalue weighted by atomic mass is 10.0. The summed E-state index contributed by atoms with van der Waals surface area (Å²) in [5.74, 6) is 2.15. The summed E-state index contributed by atoms with van der Waals surface area (Å²) in [6.07, 6.45) is 7.60. The molecule has 2 heteroatoms. The van der Waals surface area contributed by atoms with Crippen LogP contribution in [0, 0.1) is 5.92 Å². The molecule has 0 aliphatic rings. The molecule has 1 unspecified atom stereocenters. The van der Waals surface area contributed by atoms with E-state index in [1.807, 2.05) is 11.8 Å². The molecule has 0 bridgehead atoms. The molecule has 0 radical (unpaired) electrons. The molecule has 0 aromatic carbocycles. The monoisotopic (exact) mass is 252 g/mol. The summed E-state index contributed by atoms with van der Waals surface area (Å²) in [5.41, 5.74) is 0. The van der Waals surface area contributed by atoms with Gasteiger partial charge in [0.2, 0.25) is 0 Å². The van der Waals surface area contributed by atoms with Gasteiger partial charge in [0.05, 0.1) is 0 Å². The molecule has 0 spiro atoms. The van der Waals surface area contributed by atoms with Gasteiger partial charge in [-0.25, -0.2) is 0 Å². The van der Waals surface area contributed by atoms with Gasteiger partial charge in [0.15, 0.2) is 0 Å². The van der Waals surface area contributed by atoms with Crippen LogP contribution in [0.25, 0.3) is 0 Å². The largest absolute Gasteiger partial charge is 0.165 e. The zero-order valence-corrected chi connectivity index (χ0v) is 10.9. The van der Waals surface area contributed by atoms with E-state index < -0.39 is 0 Å². The Labute approximate surface area is 90.0 Å². The van der Waals surface area contributed by atoms with Gasteiger partial charge in [0.25, 0.3) is 0 Å². The first-order valence-electron chi connectivity index (χ1n) is 4.79. The highest BCUT2D eigenvalue weighted by atomic mass is 79.9. The van der Waals surface area contributed by atoms with Gasteiger partial charge in [-0.3, -0.25) is 0 Å². The molecule has 0 amide bonds. The molecule has 74 valence electrons. The van der Waals surface area contributed by atoms with E-state index in [1.54, 1.807) is 0 Å². The Hall–Kier alpha value is 0.830. The van der Waals surface area contributed by atoms with Gasteiger partial charge in [0.1, 0.15) is 0 Å². The minimum absolute atomic E-state index is 0.749. The average molecular weight is 253 g/mol. The molecule has 0 N–H and O–H groups in total. The first kappa shape index (κ1) is 12.8. The van der Waals surface area contributed by atoms with Crippen molar-refractivity contribution in [1.82, 2.24) is 0 Å². The van der Waals surface area contributed by atoms with Crippen LogP contribution in [0.5, 0.6) is 0 Å². The molecule has 1 atom stereocenters. The Morgan fingerprint density at radius 2 is 1.92 bits per heavy atom. The van der Waals surface area contributed by atoms with Crippen LogP contribution in [-0.4, -0.2) is 16.8 Å². The number of rotatable bonds is 7. The molecular weight excluding hydrogens is 232 g/mol. The van der Waals surface area contributed by atoms with E-state index in [2.05, 4.69) is 36.0 Å². The summed E-state index contributed by atoms with van der Waals surface area (Å²) in [5, 5.41) is 0. The van der Waals surface area contributed by atoms with Crippen LogP contribution in [0.4, 0.5) is 0 Å². The topological polar surface area (TPSA) is 0 Å². The molecule has 0 aromatic heterocycles. The van der Waals surface area contributed by atoms with Crippen LogP contribution in [0.15, 0.2) is 0 Å². The first-order valence-corrected chi connectivity index (χ1v) is 7.10. The number of thioether (sulfide) groups is 1. The maximum atomic E-state index is 3.72. The second-order valence-electron chi connectivity index (χ2n) is 3.72. The number of halogens is 1. The molecule has 0 saturated heterocycles. The van der Waals surface area contributed by atoms with Crippen molar-refractivity contribution in [1.29, 1.82) is 0 Å². The highest BCUT2D eigenvalue weighted by molar-refractivity contribution is 9.09. The number of unbranched alkanes of at least 4 members (excludes halogenated alkanes) is 1. The van der Waals surface area contributed by atoms with Gasteiger partial charge in [-0.05, 0) is 37.2 Å². The van der Waals surface area contributed by atoms with E-state index in [0.717, 1.165) is 10.7 Å². The van der Waals surface area contributed by atoms with Gasteiger partial charge < -0.3 is 0 Å². The summed E-state index contributed by atoms with van der Waals surface area (Å²) < 4.78 is 0. The lowest BCUT2D eigenvalue weighted by Gasteiger charge is -2.11. The second kappa shape index (κ2) is 8.43. The summed E-state index contributed by atoms with van der Waals surface area (Å²) in [6.45, 7) is 4.58. The fraction of sp³-hybridized carbons (Fsp3) is 1.00. The van der Waals surface area contributed by atoms with Gasteiger partial charge in [-0.1, -0.05) is 36.2 Å². The standard InChI is InChI=1S/C10H21BrS/c1-9(2)8-10(11)6-4-5-7-12-3/h9-10H,4-8H2,1-3H3. The molecular formula is C10H21BrS. The smallest absolute Gasteiger partial charge is 0.0148 e. The van der Waals surface area contributed by atoms with E-state index in [9.17, 15) is 0 Å². The fourth-order valence-electron chi connectivity index (χ4n) is 1.24. The highest BCUT2D eigenvalue weighted by Gasteiger charge is 2.05. The Balaban J connectivity index is 3.14. The van der Waals surface area contributed by atoms with Crippen molar-refractivity contribution in [2.75, 3.05) is 12.0 Å². The average Bonchev–Trinajstić information content (AvgIpc) is 1.97. The maximum absolute atomic E-state index is 3.72. The zero-order chi connectivity index (χ0) is 9.40. The number of alkyl halides is 1. The molecule has 0 heterocycles. The predicted molar refractivity (Wildman–Crippen MR) is 64.4 cm³/mol. The van der Waals surface area contributed by atoms with E-state index in [1.165, 1.54) is 31.4 Å². The lowest BCUT2D eigenvalue weighted by Crippen LogP contribution is -2.02. The lowest BCUT2D eigenvalue weighted by molar-refractivity contribution is 0.542. The van der Waals surface area contributed by atoms with E-state index in [0.29, 0.717) is 0 Å². The van der Waals surface area contributed by atoms with Crippen molar-refractivity contribution >= 4 is 27.7 Å². The van der Waals surface area contributed by atoms with Crippen molar-refractivity contribution in [2.45, 2.75) is 44.4 Å². The molecule has 0 aliphatic heterocycles. The van der Waals surface area contributed by atoms with Crippen molar-refractivity contribution in [3.05, 3.63) is 0 Å². The van der Waals surface area contributed by atoms with Gasteiger partial charge in [0, 0.05) is 4.83 Å². The molecule has 12 heavy (non-hydrogen) atoms. The Kier molecular flexibility index (Phi) is 9.01. The summed E-state index contributed by atoms with van der Waals surface area (Å²) in [6, 6.07) is 0. The van der Waals surface area contributed by atoms with Crippen LogP contribution >= 0.6 is 27.7 Å².